The number of aliphatic hydroxyl groups excluding tert-OH is 1. The lowest BCUT2D eigenvalue weighted by Crippen LogP contribution is -2.52. The number of hydrogen-bond acceptors (Lipinski definition) is 4. The second-order valence-corrected chi connectivity index (χ2v) is 6.49. The third-order valence-corrected chi connectivity index (χ3v) is 4.69. The number of nitrogens with zero attached hydrogens (tertiary/aromatic N) is 1. The number of β-amino-alcohol motifs (C(OH)–C–C–N with tert-alkyl or cyclic N) is 1. The number of benzene rings is 2. The van der Waals surface area contributed by atoms with Crippen LogP contribution in [-0.4, -0.2) is 53.4 Å². The van der Waals surface area contributed by atoms with Crippen molar-refractivity contribution >= 4 is 5.91 Å². The second kappa shape index (κ2) is 7.25. The van der Waals surface area contributed by atoms with Gasteiger partial charge in [-0.1, -0.05) is 30.3 Å². The van der Waals surface area contributed by atoms with Gasteiger partial charge in [-0.15, -0.1) is 0 Å². The fourth-order valence-electron chi connectivity index (χ4n) is 3.27. The van der Waals surface area contributed by atoms with Gasteiger partial charge in [-0.05, 0) is 36.6 Å². The van der Waals surface area contributed by atoms with Crippen molar-refractivity contribution in [3.05, 3.63) is 54.1 Å². The van der Waals surface area contributed by atoms with Gasteiger partial charge in [0.15, 0.2) is 0 Å². The van der Waals surface area contributed by atoms with E-state index >= 15 is 0 Å². The summed E-state index contributed by atoms with van der Waals surface area (Å²) in [5.74, 6) is 0.656. The molecule has 0 bridgehead atoms. The standard InChI is InChI=1S/C20H23NO4/c1-25-18-6-3-2-5-17(18)15-7-9-16(10-8-15)19(23)21-12-4-11-20(24,13-21)14-22/h2-3,5-10,22,24H,4,11-14H2,1H3. The molecule has 1 saturated heterocycles. The van der Waals surface area contributed by atoms with Gasteiger partial charge in [0.25, 0.3) is 5.91 Å². The minimum Gasteiger partial charge on any atom is -0.496 e. The lowest BCUT2D eigenvalue weighted by molar-refractivity contribution is -0.0598. The van der Waals surface area contributed by atoms with E-state index in [2.05, 4.69) is 0 Å². The van der Waals surface area contributed by atoms with Crippen molar-refractivity contribution in [1.29, 1.82) is 0 Å². The predicted octanol–water partition coefficient (Wildman–Crippen LogP) is 2.32. The highest BCUT2D eigenvalue weighted by molar-refractivity contribution is 5.95. The molecule has 132 valence electrons. The van der Waals surface area contributed by atoms with Gasteiger partial charge >= 0.3 is 0 Å². The van der Waals surface area contributed by atoms with Gasteiger partial charge in [-0.25, -0.2) is 0 Å². The first kappa shape index (κ1) is 17.5. The van der Waals surface area contributed by atoms with Crippen molar-refractivity contribution < 1.29 is 19.7 Å². The largest absolute Gasteiger partial charge is 0.496 e. The highest BCUT2D eigenvalue weighted by atomic mass is 16.5. The van der Waals surface area contributed by atoms with E-state index in [1.165, 1.54) is 0 Å². The van der Waals surface area contributed by atoms with Crippen LogP contribution in [-0.2, 0) is 0 Å². The molecule has 0 radical (unpaired) electrons. The SMILES string of the molecule is COc1ccccc1-c1ccc(C(=O)N2CCCC(O)(CO)C2)cc1. The molecule has 5 nitrogen and oxygen atoms in total. The van der Waals surface area contributed by atoms with Gasteiger partial charge < -0.3 is 19.8 Å². The van der Waals surface area contributed by atoms with Gasteiger partial charge in [0.1, 0.15) is 11.4 Å². The van der Waals surface area contributed by atoms with Crippen LogP contribution in [0.1, 0.15) is 23.2 Å². The molecule has 2 aromatic rings. The number of amides is 1. The maximum absolute atomic E-state index is 12.7. The lowest BCUT2D eigenvalue weighted by Gasteiger charge is -2.38. The van der Waals surface area contributed by atoms with Crippen LogP contribution in [0.15, 0.2) is 48.5 Å². The van der Waals surface area contributed by atoms with E-state index < -0.39 is 5.60 Å². The van der Waals surface area contributed by atoms with Gasteiger partial charge in [0, 0.05) is 17.7 Å². The van der Waals surface area contributed by atoms with Crippen molar-refractivity contribution in [2.75, 3.05) is 26.8 Å². The van der Waals surface area contributed by atoms with E-state index in [0.29, 0.717) is 24.9 Å². The Morgan fingerprint density at radius 2 is 1.92 bits per heavy atom. The zero-order valence-electron chi connectivity index (χ0n) is 14.3. The minimum atomic E-state index is -1.19. The molecular formula is C20H23NO4. The molecule has 1 unspecified atom stereocenters. The molecule has 0 spiro atoms. The van der Waals surface area contributed by atoms with Crippen LogP contribution in [0.5, 0.6) is 5.75 Å². The van der Waals surface area contributed by atoms with Crippen LogP contribution in [0.4, 0.5) is 0 Å². The molecule has 0 aliphatic carbocycles. The van der Waals surface area contributed by atoms with E-state index in [0.717, 1.165) is 16.9 Å². The number of likely N-dealkylation sites (tertiary alicyclic amines) is 1. The molecule has 2 aromatic carbocycles. The summed E-state index contributed by atoms with van der Waals surface area (Å²) in [7, 11) is 1.63. The molecule has 1 amide bonds. The van der Waals surface area contributed by atoms with Crippen LogP contribution in [0.2, 0.25) is 0 Å². The summed E-state index contributed by atoms with van der Waals surface area (Å²) in [4.78, 5) is 14.3. The van der Waals surface area contributed by atoms with Crippen molar-refractivity contribution in [3.8, 4) is 16.9 Å². The molecule has 0 aromatic heterocycles. The van der Waals surface area contributed by atoms with E-state index in [1.54, 1.807) is 24.1 Å². The average molecular weight is 341 g/mol. The Bertz CT molecular complexity index is 744. The third kappa shape index (κ3) is 3.67. The molecule has 1 atom stereocenters. The first-order valence-electron chi connectivity index (χ1n) is 8.42. The van der Waals surface area contributed by atoms with Crippen LogP contribution in [0.3, 0.4) is 0 Å². The number of piperidine rings is 1. The molecule has 1 heterocycles. The normalized spacial score (nSPS) is 20.4. The number of hydrogen-bond donors (Lipinski definition) is 2. The number of carbonyl (C=O) groups excluding carboxylic acids is 1. The van der Waals surface area contributed by atoms with E-state index in [-0.39, 0.29) is 19.1 Å². The smallest absolute Gasteiger partial charge is 0.253 e. The molecular weight excluding hydrogens is 318 g/mol. The summed E-state index contributed by atoms with van der Waals surface area (Å²) < 4.78 is 5.38. The first-order valence-corrected chi connectivity index (χ1v) is 8.42. The number of para-hydroxylation sites is 1. The van der Waals surface area contributed by atoms with Crippen molar-refractivity contribution in [2.45, 2.75) is 18.4 Å². The summed E-state index contributed by atoms with van der Waals surface area (Å²) >= 11 is 0. The molecule has 1 aliphatic rings. The molecule has 1 fully saturated rings. The predicted molar refractivity (Wildman–Crippen MR) is 95.6 cm³/mol. The average Bonchev–Trinajstić information content (AvgIpc) is 2.67. The number of methoxy groups -OCH3 is 1. The number of carbonyl (C=O) groups is 1. The molecule has 3 rings (SSSR count). The Kier molecular flexibility index (Phi) is 5.06. The third-order valence-electron chi connectivity index (χ3n) is 4.69. The van der Waals surface area contributed by atoms with Crippen LogP contribution < -0.4 is 4.74 Å². The maximum Gasteiger partial charge on any atom is 0.253 e. The summed E-state index contributed by atoms with van der Waals surface area (Å²) in [6.45, 7) is 0.426. The topological polar surface area (TPSA) is 70.0 Å². The molecule has 5 heteroatoms. The van der Waals surface area contributed by atoms with Crippen molar-refractivity contribution in [2.24, 2.45) is 0 Å². The lowest BCUT2D eigenvalue weighted by atomic mass is 9.93. The summed E-state index contributed by atoms with van der Waals surface area (Å²) in [6.07, 6.45) is 1.20. The fraction of sp³-hybridized carbons (Fsp3) is 0.350. The summed E-state index contributed by atoms with van der Waals surface area (Å²) in [5.41, 5.74) is 1.32. The summed E-state index contributed by atoms with van der Waals surface area (Å²) in [6, 6.07) is 15.1. The Hall–Kier alpha value is -2.37. The van der Waals surface area contributed by atoms with Crippen molar-refractivity contribution in [1.82, 2.24) is 4.90 Å². The van der Waals surface area contributed by atoms with Crippen LogP contribution in [0, 0.1) is 0 Å². The number of ether oxygens (including phenoxy) is 1. The monoisotopic (exact) mass is 341 g/mol. The zero-order valence-corrected chi connectivity index (χ0v) is 14.3. The first-order chi connectivity index (χ1) is 12.1. The quantitative estimate of drug-likeness (QED) is 0.895. The fourth-order valence-corrected chi connectivity index (χ4v) is 3.27. The Balaban J connectivity index is 1.79. The maximum atomic E-state index is 12.7. The van der Waals surface area contributed by atoms with Crippen LogP contribution in [0.25, 0.3) is 11.1 Å². The highest BCUT2D eigenvalue weighted by Crippen LogP contribution is 2.30. The van der Waals surface area contributed by atoms with Gasteiger partial charge in [-0.3, -0.25) is 4.79 Å². The minimum absolute atomic E-state index is 0.127. The molecule has 2 N–H and O–H groups in total. The van der Waals surface area contributed by atoms with Gasteiger partial charge in [0.05, 0.1) is 20.3 Å². The molecule has 0 saturated carbocycles. The number of rotatable bonds is 4. The molecule has 25 heavy (non-hydrogen) atoms. The zero-order chi connectivity index (χ0) is 17.9. The van der Waals surface area contributed by atoms with Crippen LogP contribution >= 0.6 is 0 Å². The van der Waals surface area contributed by atoms with Crippen molar-refractivity contribution in [3.63, 3.8) is 0 Å². The Morgan fingerprint density at radius 1 is 1.20 bits per heavy atom. The number of aliphatic hydroxyl groups is 2. The Labute approximate surface area is 147 Å². The van der Waals surface area contributed by atoms with E-state index in [4.69, 9.17) is 4.74 Å². The van der Waals surface area contributed by atoms with E-state index in [1.807, 2.05) is 36.4 Å². The van der Waals surface area contributed by atoms with Gasteiger partial charge in [0.2, 0.25) is 0 Å². The highest BCUT2D eigenvalue weighted by Gasteiger charge is 2.34. The van der Waals surface area contributed by atoms with E-state index in [9.17, 15) is 15.0 Å². The second-order valence-electron chi connectivity index (χ2n) is 6.49. The summed E-state index contributed by atoms with van der Waals surface area (Å²) in [5, 5.41) is 19.6. The van der Waals surface area contributed by atoms with Gasteiger partial charge in [-0.2, -0.15) is 0 Å². The molecule has 1 aliphatic heterocycles. The Morgan fingerprint density at radius 3 is 2.60 bits per heavy atom.